The Labute approximate surface area is 83.9 Å². The molecule has 1 aromatic carbocycles. The molecule has 0 N–H and O–H groups in total. The van der Waals surface area contributed by atoms with E-state index in [1.54, 1.807) is 0 Å². The molecule has 2 rings (SSSR count). The molecular formula is C9H6F2N4. The molecule has 1 aromatic heterocycles. The van der Waals surface area contributed by atoms with Crippen molar-refractivity contribution in [3.05, 3.63) is 48.1 Å². The van der Waals surface area contributed by atoms with Gasteiger partial charge in [0, 0.05) is 11.6 Å². The second-order valence-corrected chi connectivity index (χ2v) is 2.73. The molecule has 4 nitrogen and oxygen atoms in total. The lowest BCUT2D eigenvalue weighted by atomic mass is 10.2. The lowest BCUT2D eigenvalue weighted by molar-refractivity contribution is 0.582. The van der Waals surface area contributed by atoms with Crippen LogP contribution in [0.3, 0.4) is 0 Å². The zero-order valence-corrected chi connectivity index (χ0v) is 7.51. The van der Waals surface area contributed by atoms with Crippen LogP contribution in [-0.2, 0) is 0 Å². The van der Waals surface area contributed by atoms with Crippen molar-refractivity contribution < 1.29 is 8.78 Å². The Morgan fingerprint density at radius 2 is 2.20 bits per heavy atom. The third kappa shape index (κ3) is 2.22. The van der Waals surface area contributed by atoms with Crippen LogP contribution in [0.5, 0.6) is 0 Å². The molecule has 0 saturated carbocycles. The van der Waals surface area contributed by atoms with Crippen molar-refractivity contribution in [1.29, 1.82) is 0 Å². The van der Waals surface area contributed by atoms with E-state index in [1.165, 1.54) is 29.7 Å². The molecule has 0 aliphatic carbocycles. The zero-order valence-electron chi connectivity index (χ0n) is 7.51. The van der Waals surface area contributed by atoms with Crippen molar-refractivity contribution in [3.8, 4) is 0 Å². The maximum Gasteiger partial charge on any atom is 0.139 e. The Bertz CT molecular complexity index is 479. The van der Waals surface area contributed by atoms with Gasteiger partial charge in [-0.15, -0.1) is 9.89 Å². The highest BCUT2D eigenvalue weighted by molar-refractivity contribution is 5.79. The number of hydrogen-bond acceptors (Lipinski definition) is 3. The van der Waals surface area contributed by atoms with Gasteiger partial charge in [-0.25, -0.2) is 13.8 Å². The maximum absolute atomic E-state index is 13.1. The van der Waals surface area contributed by atoms with E-state index >= 15 is 0 Å². The third-order valence-electron chi connectivity index (χ3n) is 1.68. The van der Waals surface area contributed by atoms with Gasteiger partial charge >= 0.3 is 0 Å². The number of aromatic nitrogens is 3. The molecule has 1 heterocycles. The normalized spacial score (nSPS) is 11.1. The largest absolute Gasteiger partial charge is 0.221 e. The molecular weight excluding hydrogens is 202 g/mol. The van der Waals surface area contributed by atoms with Crippen molar-refractivity contribution in [1.82, 2.24) is 14.9 Å². The molecule has 0 unspecified atom stereocenters. The second kappa shape index (κ2) is 3.95. The Morgan fingerprint density at radius 3 is 2.87 bits per heavy atom. The first-order chi connectivity index (χ1) is 7.25. The summed E-state index contributed by atoms with van der Waals surface area (Å²) in [7, 11) is 0. The predicted octanol–water partition coefficient (Wildman–Crippen LogP) is 1.44. The van der Waals surface area contributed by atoms with Gasteiger partial charge in [-0.1, -0.05) is 0 Å². The third-order valence-corrected chi connectivity index (χ3v) is 1.68. The van der Waals surface area contributed by atoms with E-state index in [9.17, 15) is 8.78 Å². The maximum atomic E-state index is 13.1. The lowest BCUT2D eigenvalue weighted by Gasteiger charge is -1.95. The van der Waals surface area contributed by atoms with E-state index in [1.807, 2.05) is 0 Å². The molecule has 0 fully saturated rings. The van der Waals surface area contributed by atoms with Crippen LogP contribution in [0.25, 0.3) is 0 Å². The minimum Gasteiger partial charge on any atom is -0.221 e. The predicted molar refractivity (Wildman–Crippen MR) is 49.4 cm³/mol. The van der Waals surface area contributed by atoms with Gasteiger partial charge in [-0.2, -0.15) is 5.10 Å². The molecule has 6 heteroatoms. The molecule has 0 aliphatic rings. The van der Waals surface area contributed by atoms with Crippen LogP contribution >= 0.6 is 0 Å². The smallest absolute Gasteiger partial charge is 0.139 e. The molecule has 0 saturated heterocycles. The molecule has 15 heavy (non-hydrogen) atoms. The second-order valence-electron chi connectivity index (χ2n) is 2.73. The van der Waals surface area contributed by atoms with Crippen molar-refractivity contribution in [2.24, 2.45) is 5.10 Å². The van der Waals surface area contributed by atoms with Gasteiger partial charge in [0.05, 0.1) is 6.21 Å². The molecule has 0 radical (unpaired) electrons. The van der Waals surface area contributed by atoms with Crippen molar-refractivity contribution >= 4 is 6.21 Å². The Kier molecular flexibility index (Phi) is 2.49. The standard InChI is InChI=1S/C9H6F2N4/c10-8-2-1-7(9(11)3-8)4-13-15-6-12-5-14-15/h1-6H/b13-4+. The van der Waals surface area contributed by atoms with Gasteiger partial charge in [-0.3, -0.25) is 0 Å². The topological polar surface area (TPSA) is 43.1 Å². The van der Waals surface area contributed by atoms with Crippen LogP contribution in [-0.4, -0.2) is 21.1 Å². The highest BCUT2D eigenvalue weighted by atomic mass is 19.1. The Balaban J connectivity index is 2.24. The zero-order chi connectivity index (χ0) is 10.7. The summed E-state index contributed by atoms with van der Waals surface area (Å²) in [5.74, 6) is -1.29. The van der Waals surface area contributed by atoms with Crippen LogP contribution < -0.4 is 0 Å². The van der Waals surface area contributed by atoms with Gasteiger partial charge in [-0.05, 0) is 12.1 Å². The molecule has 0 atom stereocenters. The number of rotatable bonds is 2. The van der Waals surface area contributed by atoms with Gasteiger partial charge in [0.25, 0.3) is 0 Å². The molecule has 0 bridgehead atoms. The summed E-state index contributed by atoms with van der Waals surface area (Å²) in [6.07, 6.45) is 3.90. The lowest BCUT2D eigenvalue weighted by Crippen LogP contribution is -1.94. The number of benzene rings is 1. The fourth-order valence-corrected chi connectivity index (χ4v) is 0.989. The van der Waals surface area contributed by atoms with Crippen molar-refractivity contribution in [3.63, 3.8) is 0 Å². The molecule has 0 amide bonds. The molecule has 76 valence electrons. The van der Waals surface area contributed by atoms with E-state index in [-0.39, 0.29) is 5.56 Å². The molecule has 0 aliphatic heterocycles. The average molecular weight is 208 g/mol. The fourth-order valence-electron chi connectivity index (χ4n) is 0.989. The van der Waals surface area contributed by atoms with Crippen LogP contribution in [0.4, 0.5) is 8.78 Å². The summed E-state index contributed by atoms with van der Waals surface area (Å²) in [5.41, 5.74) is 0.187. The van der Waals surface area contributed by atoms with E-state index in [0.29, 0.717) is 0 Å². The molecule has 0 spiro atoms. The van der Waals surface area contributed by atoms with Gasteiger partial charge in [0.1, 0.15) is 24.3 Å². The van der Waals surface area contributed by atoms with E-state index in [4.69, 9.17) is 0 Å². The average Bonchev–Trinajstić information content (AvgIpc) is 2.69. The quantitative estimate of drug-likeness (QED) is 0.701. The van der Waals surface area contributed by atoms with Gasteiger partial charge in [0.15, 0.2) is 0 Å². The molecule has 2 aromatic rings. The highest BCUT2D eigenvalue weighted by Gasteiger charge is 2.00. The summed E-state index contributed by atoms with van der Waals surface area (Å²) in [5, 5.41) is 7.47. The Morgan fingerprint density at radius 1 is 1.33 bits per heavy atom. The first-order valence-electron chi connectivity index (χ1n) is 4.10. The fraction of sp³-hybridized carbons (Fsp3) is 0. The summed E-state index contributed by atoms with van der Waals surface area (Å²) in [6.45, 7) is 0. The summed E-state index contributed by atoms with van der Waals surface area (Å²) in [4.78, 5) is 4.82. The van der Waals surface area contributed by atoms with Gasteiger partial charge < -0.3 is 0 Å². The number of hydrogen-bond donors (Lipinski definition) is 0. The van der Waals surface area contributed by atoms with Crippen LogP contribution in [0.2, 0.25) is 0 Å². The van der Waals surface area contributed by atoms with Crippen molar-refractivity contribution in [2.45, 2.75) is 0 Å². The van der Waals surface area contributed by atoms with Gasteiger partial charge in [0.2, 0.25) is 0 Å². The number of halogens is 2. The minimum absolute atomic E-state index is 0.187. The summed E-state index contributed by atoms with van der Waals surface area (Å²) >= 11 is 0. The van der Waals surface area contributed by atoms with E-state index < -0.39 is 11.6 Å². The number of nitrogens with zero attached hydrogens (tertiary/aromatic N) is 4. The van der Waals surface area contributed by atoms with Crippen molar-refractivity contribution in [2.75, 3.05) is 0 Å². The summed E-state index contributed by atoms with van der Waals surface area (Å²) in [6, 6.07) is 3.25. The van der Waals surface area contributed by atoms with E-state index in [0.717, 1.165) is 12.1 Å². The SMILES string of the molecule is Fc1ccc(/C=N/n2cncn2)c(F)c1. The van der Waals surface area contributed by atoms with Crippen LogP contribution in [0.1, 0.15) is 5.56 Å². The van der Waals surface area contributed by atoms with Crippen LogP contribution in [0, 0.1) is 11.6 Å². The first-order valence-corrected chi connectivity index (χ1v) is 4.10. The van der Waals surface area contributed by atoms with Crippen LogP contribution in [0.15, 0.2) is 36.0 Å². The Hall–Kier alpha value is -2.11. The monoisotopic (exact) mass is 208 g/mol. The van der Waals surface area contributed by atoms with E-state index in [2.05, 4.69) is 15.2 Å². The highest BCUT2D eigenvalue weighted by Crippen LogP contribution is 2.06. The summed E-state index contributed by atoms with van der Waals surface area (Å²) < 4.78 is 25.7. The minimum atomic E-state index is -0.668. The first kappa shape index (κ1) is 9.45.